The molecule has 1 N–H and O–H groups in total. The van der Waals surface area contributed by atoms with Crippen molar-refractivity contribution in [3.8, 4) is 0 Å². The van der Waals surface area contributed by atoms with Crippen molar-refractivity contribution in [1.82, 2.24) is 0 Å². The molecule has 4 heteroatoms. The minimum Gasteiger partial charge on any atom is -0.464 e. The molecule has 0 unspecified atom stereocenters. The van der Waals surface area contributed by atoms with Gasteiger partial charge in [0.05, 0.1) is 6.61 Å². The number of hydrogen-bond acceptors (Lipinski definition) is 3. The Morgan fingerprint density at radius 3 is 3.16 bits per heavy atom. The molecule has 1 aromatic carbocycles. The molecule has 0 amide bonds. The van der Waals surface area contributed by atoms with Gasteiger partial charge in [0.1, 0.15) is 11.9 Å². The van der Waals surface area contributed by atoms with Gasteiger partial charge in [-0.1, -0.05) is 12.2 Å². The van der Waals surface area contributed by atoms with Crippen molar-refractivity contribution in [2.45, 2.75) is 25.3 Å². The van der Waals surface area contributed by atoms with Gasteiger partial charge in [-0.25, -0.2) is 9.18 Å². The number of halogens is 1. The highest BCUT2D eigenvalue weighted by atomic mass is 19.1. The second-order valence-corrected chi connectivity index (χ2v) is 4.96. The molecule has 19 heavy (non-hydrogen) atoms. The summed E-state index contributed by atoms with van der Waals surface area (Å²) >= 11 is 0. The summed E-state index contributed by atoms with van der Waals surface area (Å²) in [6, 6.07) is 4.31. The van der Waals surface area contributed by atoms with Gasteiger partial charge in [-0.2, -0.15) is 0 Å². The van der Waals surface area contributed by atoms with Crippen LogP contribution in [0.5, 0.6) is 0 Å². The minimum absolute atomic E-state index is 0.0985. The molecular formula is C15H16FNO2. The third-order valence-corrected chi connectivity index (χ3v) is 3.87. The third-order valence-electron chi connectivity index (χ3n) is 3.87. The van der Waals surface area contributed by atoms with E-state index < -0.39 is 0 Å². The summed E-state index contributed by atoms with van der Waals surface area (Å²) in [5.41, 5.74) is 1.76. The number of hydrogen-bond donors (Lipinski definition) is 1. The van der Waals surface area contributed by atoms with Crippen molar-refractivity contribution >= 4 is 11.7 Å². The molecule has 0 saturated carbocycles. The molecular weight excluding hydrogens is 245 g/mol. The van der Waals surface area contributed by atoms with Crippen LogP contribution in [0.2, 0.25) is 0 Å². The first-order valence-electron chi connectivity index (χ1n) is 6.60. The average Bonchev–Trinajstić information content (AvgIpc) is 2.87. The highest BCUT2D eigenvalue weighted by Gasteiger charge is 2.41. The van der Waals surface area contributed by atoms with Crippen molar-refractivity contribution in [2.24, 2.45) is 5.92 Å². The van der Waals surface area contributed by atoms with Gasteiger partial charge in [-0.15, -0.1) is 0 Å². The minimum atomic E-state index is -0.349. The van der Waals surface area contributed by atoms with Crippen LogP contribution >= 0.6 is 0 Å². The lowest BCUT2D eigenvalue weighted by Gasteiger charge is -2.35. The maximum atomic E-state index is 13.4. The normalized spacial score (nSPS) is 27.4. The Bertz CT molecular complexity index is 541. The lowest BCUT2D eigenvalue weighted by Crippen LogP contribution is -2.43. The fourth-order valence-electron chi connectivity index (χ4n) is 3.03. The second kappa shape index (κ2) is 4.68. The first kappa shape index (κ1) is 12.2. The predicted molar refractivity (Wildman–Crippen MR) is 70.4 cm³/mol. The van der Waals surface area contributed by atoms with Crippen molar-refractivity contribution in [3.05, 3.63) is 41.7 Å². The number of rotatable bonds is 2. The van der Waals surface area contributed by atoms with E-state index in [-0.39, 0.29) is 29.7 Å². The average molecular weight is 261 g/mol. The van der Waals surface area contributed by atoms with Gasteiger partial charge in [0, 0.05) is 17.5 Å². The number of fused-ring (bicyclic) bond motifs is 3. The number of benzene rings is 1. The fourth-order valence-corrected chi connectivity index (χ4v) is 3.03. The monoisotopic (exact) mass is 261 g/mol. The van der Waals surface area contributed by atoms with Gasteiger partial charge in [-0.3, -0.25) is 0 Å². The Morgan fingerprint density at radius 1 is 1.53 bits per heavy atom. The molecule has 3 rings (SSSR count). The molecule has 0 bridgehead atoms. The summed E-state index contributed by atoms with van der Waals surface area (Å²) in [5, 5.41) is 3.20. The molecule has 3 atom stereocenters. The maximum Gasteiger partial charge on any atom is 0.328 e. The number of esters is 1. The zero-order chi connectivity index (χ0) is 13.4. The number of carbonyl (C=O) groups excluding carboxylic acids is 1. The van der Waals surface area contributed by atoms with Crippen molar-refractivity contribution in [2.75, 3.05) is 11.9 Å². The molecule has 0 aromatic heterocycles. The molecule has 100 valence electrons. The van der Waals surface area contributed by atoms with Crippen LogP contribution in [0.3, 0.4) is 0 Å². The topological polar surface area (TPSA) is 38.3 Å². The summed E-state index contributed by atoms with van der Waals surface area (Å²) in [5.74, 6) is -0.250. The van der Waals surface area contributed by atoms with Gasteiger partial charge in [0.2, 0.25) is 0 Å². The Balaban J connectivity index is 1.97. The standard InChI is InChI=1S/C15H16FNO2/c1-2-19-15(18)14-11-5-3-4-10(11)12-8-9(16)6-7-13(12)17-14/h3-4,6-8,10-11,14,17H,2,5H2,1H3/t10-,11+,14-/m1/s1. The molecule has 3 nitrogen and oxygen atoms in total. The lowest BCUT2D eigenvalue weighted by molar-refractivity contribution is -0.145. The van der Waals surface area contributed by atoms with Crippen LogP contribution in [0.1, 0.15) is 24.8 Å². The predicted octanol–water partition coefficient (Wildman–Crippen LogP) is 2.84. The van der Waals surface area contributed by atoms with E-state index in [4.69, 9.17) is 4.74 Å². The second-order valence-electron chi connectivity index (χ2n) is 4.96. The third kappa shape index (κ3) is 2.01. The van der Waals surface area contributed by atoms with E-state index in [0.717, 1.165) is 17.7 Å². The van der Waals surface area contributed by atoms with Crippen LogP contribution in [-0.2, 0) is 9.53 Å². The van der Waals surface area contributed by atoms with Gasteiger partial charge in [0.25, 0.3) is 0 Å². The quantitative estimate of drug-likeness (QED) is 0.657. The molecule has 1 heterocycles. The number of nitrogens with one attached hydrogen (secondary N) is 1. The largest absolute Gasteiger partial charge is 0.464 e. The van der Waals surface area contributed by atoms with E-state index in [1.54, 1.807) is 19.1 Å². The number of carbonyl (C=O) groups is 1. The van der Waals surface area contributed by atoms with E-state index in [0.29, 0.717) is 6.61 Å². The molecule has 1 aromatic rings. The summed E-state index contributed by atoms with van der Waals surface area (Å²) in [4.78, 5) is 12.0. The lowest BCUT2D eigenvalue weighted by atomic mass is 9.79. The SMILES string of the molecule is CCOC(=O)[C@@H]1Nc2ccc(F)cc2[C@@H]2C=CC[C@H]12. The summed E-state index contributed by atoms with van der Waals surface area (Å²) < 4.78 is 18.5. The van der Waals surface area contributed by atoms with Crippen LogP contribution < -0.4 is 5.32 Å². The molecule has 0 fully saturated rings. The van der Waals surface area contributed by atoms with E-state index in [2.05, 4.69) is 17.5 Å². The van der Waals surface area contributed by atoms with Gasteiger partial charge in [0.15, 0.2) is 0 Å². The smallest absolute Gasteiger partial charge is 0.328 e. The summed E-state index contributed by atoms with van der Waals surface area (Å²) in [7, 11) is 0. The maximum absolute atomic E-state index is 13.4. The Labute approximate surface area is 111 Å². The first-order chi connectivity index (χ1) is 9.20. The van der Waals surface area contributed by atoms with Crippen molar-refractivity contribution in [1.29, 1.82) is 0 Å². The number of ether oxygens (including phenoxy) is 1. The van der Waals surface area contributed by atoms with Gasteiger partial charge >= 0.3 is 5.97 Å². The van der Waals surface area contributed by atoms with E-state index in [1.807, 2.05) is 0 Å². The molecule has 0 spiro atoms. The fraction of sp³-hybridized carbons (Fsp3) is 0.400. The Morgan fingerprint density at radius 2 is 2.37 bits per heavy atom. The molecule has 1 aliphatic carbocycles. The molecule has 0 saturated heterocycles. The summed E-state index contributed by atoms with van der Waals surface area (Å²) in [6.45, 7) is 2.17. The van der Waals surface area contributed by atoms with Crippen LogP contribution in [-0.4, -0.2) is 18.6 Å². The van der Waals surface area contributed by atoms with Gasteiger partial charge in [-0.05, 0) is 37.1 Å². The zero-order valence-corrected chi connectivity index (χ0v) is 10.7. The van der Waals surface area contributed by atoms with E-state index in [9.17, 15) is 9.18 Å². The van der Waals surface area contributed by atoms with Crippen LogP contribution in [0.15, 0.2) is 30.4 Å². The van der Waals surface area contributed by atoms with Crippen molar-refractivity contribution in [3.63, 3.8) is 0 Å². The van der Waals surface area contributed by atoms with E-state index >= 15 is 0 Å². The first-order valence-corrected chi connectivity index (χ1v) is 6.60. The zero-order valence-electron chi connectivity index (χ0n) is 10.7. The van der Waals surface area contributed by atoms with Crippen LogP contribution in [0.25, 0.3) is 0 Å². The van der Waals surface area contributed by atoms with Crippen LogP contribution in [0, 0.1) is 11.7 Å². The highest BCUT2D eigenvalue weighted by molar-refractivity contribution is 5.82. The molecule has 1 aliphatic heterocycles. The number of allylic oxidation sites excluding steroid dienone is 2. The van der Waals surface area contributed by atoms with Crippen molar-refractivity contribution < 1.29 is 13.9 Å². The van der Waals surface area contributed by atoms with E-state index in [1.165, 1.54) is 6.07 Å². The Kier molecular flexibility index (Phi) is 3.01. The molecule has 0 radical (unpaired) electrons. The highest BCUT2D eigenvalue weighted by Crippen LogP contribution is 2.44. The Hall–Kier alpha value is -1.84. The number of anilines is 1. The summed E-state index contributed by atoms with van der Waals surface area (Å²) in [6.07, 6.45) is 4.94. The van der Waals surface area contributed by atoms with Crippen LogP contribution in [0.4, 0.5) is 10.1 Å². The molecule has 2 aliphatic rings. The van der Waals surface area contributed by atoms with Gasteiger partial charge < -0.3 is 10.1 Å².